The molecule has 0 unspecified atom stereocenters. The summed E-state index contributed by atoms with van der Waals surface area (Å²) in [5.41, 5.74) is -0.307. The molecule has 0 aromatic heterocycles. The average molecular weight is 266 g/mol. The van der Waals surface area contributed by atoms with Crippen molar-refractivity contribution in [1.29, 1.82) is 0 Å². The third-order valence-electron chi connectivity index (χ3n) is 3.43. The van der Waals surface area contributed by atoms with Gasteiger partial charge in [0.2, 0.25) is 0 Å². The van der Waals surface area contributed by atoms with E-state index in [9.17, 15) is 14.9 Å². The van der Waals surface area contributed by atoms with Gasteiger partial charge in [-0.3, -0.25) is 10.1 Å². The summed E-state index contributed by atoms with van der Waals surface area (Å²) in [6.07, 6.45) is 1.72. The number of carboxylic acids is 1. The molecule has 0 aliphatic heterocycles. The van der Waals surface area contributed by atoms with Crippen molar-refractivity contribution in [3.63, 3.8) is 0 Å². The Hall–Kier alpha value is -2.11. The predicted octanol–water partition coefficient (Wildman–Crippen LogP) is 3.28. The molecule has 0 amide bonds. The number of nitro groups is 1. The van der Waals surface area contributed by atoms with Crippen molar-refractivity contribution in [2.24, 2.45) is 0 Å². The summed E-state index contributed by atoms with van der Waals surface area (Å²) in [5, 5.41) is 23.0. The molecule has 6 nitrogen and oxygen atoms in total. The molecule has 0 fully saturated rings. The molecule has 0 saturated carbocycles. The number of nitrogens with zero attached hydrogens (tertiary/aromatic N) is 1. The molecule has 0 atom stereocenters. The molecule has 1 aromatic rings. The van der Waals surface area contributed by atoms with Gasteiger partial charge < -0.3 is 10.4 Å². The molecule has 0 radical (unpaired) electrons. The van der Waals surface area contributed by atoms with E-state index in [0.717, 1.165) is 12.8 Å². The SMILES string of the molecule is CCC(C)(CC)Nc1ccc(C(=O)O)c([N+](=O)[O-])c1. The molecule has 19 heavy (non-hydrogen) atoms. The Kier molecular flexibility index (Phi) is 4.47. The van der Waals surface area contributed by atoms with Gasteiger partial charge in [-0.25, -0.2) is 4.79 Å². The van der Waals surface area contributed by atoms with Gasteiger partial charge in [0.1, 0.15) is 5.56 Å². The van der Waals surface area contributed by atoms with Crippen LogP contribution in [0.3, 0.4) is 0 Å². The summed E-state index contributed by atoms with van der Waals surface area (Å²) < 4.78 is 0. The van der Waals surface area contributed by atoms with Gasteiger partial charge in [-0.15, -0.1) is 0 Å². The van der Waals surface area contributed by atoms with Crippen molar-refractivity contribution < 1.29 is 14.8 Å². The highest BCUT2D eigenvalue weighted by atomic mass is 16.6. The minimum atomic E-state index is -1.30. The number of nitro benzene ring substituents is 1. The lowest BCUT2D eigenvalue weighted by atomic mass is 9.95. The zero-order valence-electron chi connectivity index (χ0n) is 11.3. The summed E-state index contributed by atoms with van der Waals surface area (Å²) in [4.78, 5) is 21.1. The zero-order chi connectivity index (χ0) is 14.6. The number of carboxylic acid groups (broad SMARTS) is 1. The molecule has 1 aromatic carbocycles. The van der Waals surface area contributed by atoms with Gasteiger partial charge in [0.15, 0.2) is 0 Å². The van der Waals surface area contributed by atoms with E-state index in [1.807, 2.05) is 20.8 Å². The number of rotatable bonds is 6. The molecular formula is C13H18N2O4. The Morgan fingerprint density at radius 3 is 2.42 bits per heavy atom. The van der Waals surface area contributed by atoms with Crippen LogP contribution >= 0.6 is 0 Å². The lowest BCUT2D eigenvalue weighted by Crippen LogP contribution is -2.32. The first-order chi connectivity index (χ1) is 8.83. The third kappa shape index (κ3) is 3.43. The van der Waals surface area contributed by atoms with E-state index in [4.69, 9.17) is 5.11 Å². The van der Waals surface area contributed by atoms with E-state index in [2.05, 4.69) is 5.32 Å². The van der Waals surface area contributed by atoms with Crippen LogP contribution in [0.15, 0.2) is 18.2 Å². The van der Waals surface area contributed by atoms with Crippen LogP contribution in [0.25, 0.3) is 0 Å². The average Bonchev–Trinajstić information content (AvgIpc) is 2.38. The van der Waals surface area contributed by atoms with Gasteiger partial charge in [-0.2, -0.15) is 0 Å². The highest BCUT2D eigenvalue weighted by Gasteiger charge is 2.23. The normalized spacial score (nSPS) is 11.1. The van der Waals surface area contributed by atoms with Gasteiger partial charge in [0.05, 0.1) is 4.92 Å². The standard InChI is InChI=1S/C13H18N2O4/c1-4-13(3,5-2)14-9-6-7-10(12(16)17)11(8-9)15(18)19/h6-8,14H,4-5H2,1-3H3,(H,16,17). The maximum absolute atomic E-state index is 10.9. The molecule has 1 rings (SSSR count). The first-order valence-corrected chi connectivity index (χ1v) is 6.13. The fraction of sp³-hybridized carbons (Fsp3) is 0.462. The Morgan fingerprint density at radius 2 is 2.00 bits per heavy atom. The monoisotopic (exact) mass is 266 g/mol. The van der Waals surface area contributed by atoms with Gasteiger partial charge in [0, 0.05) is 17.3 Å². The molecule has 0 spiro atoms. The molecule has 104 valence electrons. The van der Waals surface area contributed by atoms with Crippen LogP contribution < -0.4 is 5.32 Å². The minimum Gasteiger partial charge on any atom is -0.477 e. The zero-order valence-corrected chi connectivity index (χ0v) is 11.3. The number of anilines is 1. The molecular weight excluding hydrogens is 248 g/mol. The largest absolute Gasteiger partial charge is 0.477 e. The van der Waals surface area contributed by atoms with Crippen LogP contribution in [0.2, 0.25) is 0 Å². The number of benzene rings is 1. The Labute approximate surface area is 111 Å². The fourth-order valence-electron chi connectivity index (χ4n) is 1.72. The van der Waals surface area contributed by atoms with Crippen molar-refractivity contribution in [3.8, 4) is 0 Å². The predicted molar refractivity (Wildman–Crippen MR) is 72.7 cm³/mol. The van der Waals surface area contributed by atoms with Crippen LogP contribution in [-0.4, -0.2) is 21.5 Å². The highest BCUT2D eigenvalue weighted by Crippen LogP contribution is 2.27. The van der Waals surface area contributed by atoms with Crippen molar-refractivity contribution in [2.75, 3.05) is 5.32 Å². The second-order valence-electron chi connectivity index (χ2n) is 4.69. The van der Waals surface area contributed by atoms with Crippen molar-refractivity contribution in [2.45, 2.75) is 39.2 Å². The molecule has 2 N–H and O–H groups in total. The highest BCUT2D eigenvalue weighted by molar-refractivity contribution is 5.93. The molecule has 0 aliphatic rings. The van der Waals surface area contributed by atoms with Gasteiger partial charge >= 0.3 is 5.97 Å². The topological polar surface area (TPSA) is 92.5 Å². The maximum atomic E-state index is 10.9. The Bertz CT molecular complexity index is 495. The van der Waals surface area contributed by atoms with Crippen LogP contribution in [-0.2, 0) is 0 Å². The van der Waals surface area contributed by atoms with Crippen molar-refractivity contribution >= 4 is 17.3 Å². The van der Waals surface area contributed by atoms with Crippen LogP contribution in [0.1, 0.15) is 44.0 Å². The second-order valence-corrected chi connectivity index (χ2v) is 4.69. The number of hydrogen-bond donors (Lipinski definition) is 2. The summed E-state index contributed by atoms with van der Waals surface area (Å²) >= 11 is 0. The van der Waals surface area contributed by atoms with Crippen molar-refractivity contribution in [3.05, 3.63) is 33.9 Å². The van der Waals surface area contributed by atoms with Crippen molar-refractivity contribution in [1.82, 2.24) is 0 Å². The Balaban J connectivity index is 3.16. The smallest absolute Gasteiger partial charge is 0.342 e. The summed E-state index contributed by atoms with van der Waals surface area (Å²) in [6.45, 7) is 6.07. The van der Waals surface area contributed by atoms with Crippen LogP contribution in [0.5, 0.6) is 0 Å². The van der Waals surface area contributed by atoms with Crippen LogP contribution in [0, 0.1) is 10.1 Å². The number of aromatic carboxylic acids is 1. The van der Waals surface area contributed by atoms with E-state index in [0.29, 0.717) is 5.69 Å². The van der Waals surface area contributed by atoms with Crippen LogP contribution in [0.4, 0.5) is 11.4 Å². The van der Waals surface area contributed by atoms with Gasteiger partial charge in [-0.1, -0.05) is 13.8 Å². The maximum Gasteiger partial charge on any atom is 0.342 e. The number of nitrogens with one attached hydrogen (secondary N) is 1. The molecule has 0 heterocycles. The van der Waals surface area contributed by atoms with E-state index >= 15 is 0 Å². The molecule has 0 saturated heterocycles. The second kappa shape index (κ2) is 5.69. The fourth-order valence-corrected chi connectivity index (χ4v) is 1.72. The lowest BCUT2D eigenvalue weighted by Gasteiger charge is -2.29. The first-order valence-electron chi connectivity index (χ1n) is 6.13. The quantitative estimate of drug-likeness (QED) is 0.608. The summed E-state index contributed by atoms with van der Waals surface area (Å²) in [6, 6.07) is 4.08. The summed E-state index contributed by atoms with van der Waals surface area (Å²) in [7, 11) is 0. The molecule has 0 aliphatic carbocycles. The molecule has 0 bridgehead atoms. The van der Waals surface area contributed by atoms with E-state index < -0.39 is 16.6 Å². The minimum absolute atomic E-state index is 0.168. The molecule has 6 heteroatoms. The summed E-state index contributed by atoms with van der Waals surface area (Å²) in [5.74, 6) is -1.30. The van der Waals surface area contributed by atoms with E-state index in [1.54, 1.807) is 6.07 Å². The number of carbonyl (C=O) groups is 1. The van der Waals surface area contributed by atoms with Gasteiger partial charge in [-0.05, 0) is 31.9 Å². The third-order valence-corrected chi connectivity index (χ3v) is 3.43. The first kappa shape index (κ1) is 14.9. The van der Waals surface area contributed by atoms with E-state index in [1.165, 1.54) is 12.1 Å². The number of hydrogen-bond acceptors (Lipinski definition) is 4. The van der Waals surface area contributed by atoms with E-state index in [-0.39, 0.29) is 11.1 Å². The Morgan fingerprint density at radius 1 is 1.42 bits per heavy atom. The lowest BCUT2D eigenvalue weighted by molar-refractivity contribution is -0.385. The van der Waals surface area contributed by atoms with Gasteiger partial charge in [0.25, 0.3) is 5.69 Å².